The van der Waals surface area contributed by atoms with E-state index in [1.165, 1.54) is 43.6 Å². The lowest BCUT2D eigenvalue weighted by Gasteiger charge is -2.15. The molecule has 0 spiro atoms. The minimum Gasteiger partial charge on any atom is -0.466 e. The quantitative estimate of drug-likeness (QED) is 0.372. The zero-order valence-corrected chi connectivity index (χ0v) is 14.2. The van der Waals surface area contributed by atoms with Gasteiger partial charge in [-0.25, -0.2) is 0 Å². The van der Waals surface area contributed by atoms with Crippen LogP contribution in [0.1, 0.15) is 57.5 Å². The Labute approximate surface area is 127 Å². The van der Waals surface area contributed by atoms with Gasteiger partial charge in [-0.2, -0.15) is 0 Å². The number of unbranched alkanes of at least 4 members (excludes halogenated alkanes) is 2. The maximum atomic E-state index is 5.67. The maximum Gasteiger partial charge on any atom is 0.104 e. The van der Waals surface area contributed by atoms with Crippen LogP contribution in [-0.4, -0.2) is 16.1 Å². The molecule has 0 saturated carbocycles. The largest absolute Gasteiger partial charge is 0.466 e. The molecule has 110 valence electrons. The summed E-state index contributed by atoms with van der Waals surface area (Å²) in [6, 6.07) is 4.19. The molecule has 1 aromatic heterocycles. The van der Waals surface area contributed by atoms with Crippen molar-refractivity contribution in [1.29, 1.82) is 0 Å². The molecule has 0 N–H and O–H groups in total. The lowest BCUT2D eigenvalue weighted by atomic mass is 10.3. The second-order valence-electron chi connectivity index (χ2n) is 4.93. The van der Waals surface area contributed by atoms with E-state index in [1.807, 2.05) is 6.92 Å². The third kappa shape index (κ3) is 7.98. The number of thioether (sulfide) groups is 2. The Kier molecular flexibility index (Phi) is 9.62. The van der Waals surface area contributed by atoms with Crippen LogP contribution in [0.15, 0.2) is 16.5 Å². The summed E-state index contributed by atoms with van der Waals surface area (Å²) in [7, 11) is 0. The van der Waals surface area contributed by atoms with Gasteiger partial charge in [-0.1, -0.05) is 26.7 Å². The number of hydrogen-bond acceptors (Lipinski definition) is 3. The highest BCUT2D eigenvalue weighted by atomic mass is 32.2. The van der Waals surface area contributed by atoms with Crippen molar-refractivity contribution in [1.82, 2.24) is 0 Å². The lowest BCUT2D eigenvalue weighted by molar-refractivity contribution is 0.480. The van der Waals surface area contributed by atoms with Crippen molar-refractivity contribution in [3.8, 4) is 0 Å². The Balaban J connectivity index is 2.29. The van der Waals surface area contributed by atoms with Crippen LogP contribution in [0, 0.1) is 6.92 Å². The second-order valence-corrected chi connectivity index (χ2v) is 7.85. The SMILES string of the molecule is CCCCSC(CCc1ccc(C)o1)SCCCC. The summed E-state index contributed by atoms with van der Waals surface area (Å²) in [5.41, 5.74) is 0. The van der Waals surface area contributed by atoms with Crippen LogP contribution in [0.4, 0.5) is 0 Å². The molecule has 0 bridgehead atoms. The van der Waals surface area contributed by atoms with Crippen LogP contribution in [0.5, 0.6) is 0 Å². The van der Waals surface area contributed by atoms with Gasteiger partial charge in [0.05, 0.1) is 4.58 Å². The Hall–Kier alpha value is -0.0200. The fraction of sp³-hybridized carbons (Fsp3) is 0.750. The Bertz CT molecular complexity index is 312. The number of rotatable bonds is 11. The van der Waals surface area contributed by atoms with Crippen LogP contribution < -0.4 is 0 Å². The van der Waals surface area contributed by atoms with Gasteiger partial charge in [-0.3, -0.25) is 0 Å². The smallest absolute Gasteiger partial charge is 0.104 e. The fourth-order valence-corrected chi connectivity index (χ4v) is 4.78. The molecule has 1 aromatic rings. The zero-order chi connectivity index (χ0) is 13.9. The third-order valence-electron chi connectivity index (χ3n) is 3.03. The van der Waals surface area contributed by atoms with E-state index in [2.05, 4.69) is 49.5 Å². The van der Waals surface area contributed by atoms with E-state index < -0.39 is 0 Å². The highest BCUT2D eigenvalue weighted by Gasteiger charge is 2.11. The summed E-state index contributed by atoms with van der Waals surface area (Å²) in [6.45, 7) is 6.56. The normalized spacial score (nSPS) is 11.4. The van der Waals surface area contributed by atoms with E-state index in [4.69, 9.17) is 4.42 Å². The van der Waals surface area contributed by atoms with Gasteiger partial charge in [0.1, 0.15) is 11.5 Å². The summed E-state index contributed by atoms with van der Waals surface area (Å²) in [4.78, 5) is 0. The predicted molar refractivity (Wildman–Crippen MR) is 90.3 cm³/mol. The van der Waals surface area contributed by atoms with Crippen LogP contribution in [0.3, 0.4) is 0 Å². The molecule has 0 fully saturated rings. The molecule has 1 nitrogen and oxygen atoms in total. The second kappa shape index (κ2) is 10.7. The molecule has 0 aliphatic carbocycles. The van der Waals surface area contributed by atoms with E-state index in [-0.39, 0.29) is 0 Å². The third-order valence-corrected chi connectivity index (χ3v) is 6.11. The van der Waals surface area contributed by atoms with Crippen molar-refractivity contribution >= 4 is 23.5 Å². The molecule has 0 atom stereocenters. The molecular weight excluding hydrogens is 272 g/mol. The number of furan rings is 1. The minimum absolute atomic E-state index is 0.739. The molecule has 0 saturated heterocycles. The van der Waals surface area contributed by atoms with Gasteiger partial charge in [0.2, 0.25) is 0 Å². The van der Waals surface area contributed by atoms with Crippen LogP contribution in [-0.2, 0) is 6.42 Å². The van der Waals surface area contributed by atoms with Gasteiger partial charge in [0.15, 0.2) is 0 Å². The van der Waals surface area contributed by atoms with E-state index in [0.29, 0.717) is 0 Å². The van der Waals surface area contributed by atoms with E-state index >= 15 is 0 Å². The summed E-state index contributed by atoms with van der Waals surface area (Å²) < 4.78 is 6.41. The van der Waals surface area contributed by atoms with Crippen molar-refractivity contribution in [2.45, 2.75) is 63.9 Å². The minimum atomic E-state index is 0.739. The molecule has 0 aliphatic rings. The first-order chi connectivity index (χ1) is 9.26. The summed E-state index contributed by atoms with van der Waals surface area (Å²) >= 11 is 4.29. The lowest BCUT2D eigenvalue weighted by Crippen LogP contribution is -2.02. The monoisotopic (exact) mass is 300 g/mol. The van der Waals surface area contributed by atoms with Gasteiger partial charge in [-0.05, 0) is 49.8 Å². The summed E-state index contributed by atoms with van der Waals surface area (Å²) in [5.74, 6) is 4.79. The van der Waals surface area contributed by atoms with E-state index in [9.17, 15) is 0 Å². The van der Waals surface area contributed by atoms with Crippen molar-refractivity contribution in [2.75, 3.05) is 11.5 Å². The molecule has 1 rings (SSSR count). The highest BCUT2D eigenvalue weighted by Crippen LogP contribution is 2.30. The van der Waals surface area contributed by atoms with Crippen LogP contribution >= 0.6 is 23.5 Å². The predicted octanol–water partition coefficient (Wildman–Crippen LogP) is 5.91. The molecule has 0 unspecified atom stereocenters. The van der Waals surface area contributed by atoms with Gasteiger partial charge < -0.3 is 4.42 Å². The number of aryl methyl sites for hydroxylation is 2. The van der Waals surface area contributed by atoms with E-state index in [1.54, 1.807) is 0 Å². The molecule has 1 heterocycles. The molecule has 0 aliphatic heterocycles. The van der Waals surface area contributed by atoms with Gasteiger partial charge in [0, 0.05) is 6.42 Å². The fourth-order valence-electron chi connectivity index (χ4n) is 1.81. The molecule has 0 radical (unpaired) electrons. The van der Waals surface area contributed by atoms with Gasteiger partial charge in [-0.15, -0.1) is 23.5 Å². The van der Waals surface area contributed by atoms with Crippen molar-refractivity contribution in [3.05, 3.63) is 23.7 Å². The first-order valence-corrected chi connectivity index (χ1v) is 9.64. The molecule has 3 heteroatoms. The number of hydrogen-bond donors (Lipinski definition) is 0. The van der Waals surface area contributed by atoms with E-state index in [0.717, 1.165) is 22.5 Å². The average Bonchev–Trinajstić information content (AvgIpc) is 2.81. The molecule has 19 heavy (non-hydrogen) atoms. The standard InChI is InChI=1S/C16H28OS2/c1-4-6-12-18-16(19-13-7-5-2)11-10-15-9-8-14(3)17-15/h8-9,16H,4-7,10-13H2,1-3H3. The van der Waals surface area contributed by atoms with Crippen LogP contribution in [0.25, 0.3) is 0 Å². The van der Waals surface area contributed by atoms with Crippen LogP contribution in [0.2, 0.25) is 0 Å². The Morgan fingerprint density at radius 2 is 1.68 bits per heavy atom. The van der Waals surface area contributed by atoms with Gasteiger partial charge in [0.25, 0.3) is 0 Å². The first-order valence-electron chi connectivity index (χ1n) is 7.54. The molecule has 0 aromatic carbocycles. The topological polar surface area (TPSA) is 13.1 Å². The molecular formula is C16H28OS2. The average molecular weight is 301 g/mol. The Morgan fingerprint density at radius 1 is 1.05 bits per heavy atom. The van der Waals surface area contributed by atoms with Gasteiger partial charge >= 0.3 is 0 Å². The van der Waals surface area contributed by atoms with Crippen molar-refractivity contribution in [2.24, 2.45) is 0 Å². The van der Waals surface area contributed by atoms with Crippen molar-refractivity contribution in [3.63, 3.8) is 0 Å². The maximum absolute atomic E-state index is 5.67. The highest BCUT2D eigenvalue weighted by molar-refractivity contribution is 8.17. The summed E-state index contributed by atoms with van der Waals surface area (Å²) in [6.07, 6.45) is 7.60. The first kappa shape index (κ1) is 17.0. The molecule has 0 amide bonds. The zero-order valence-electron chi connectivity index (χ0n) is 12.6. The Morgan fingerprint density at radius 3 is 2.16 bits per heavy atom. The summed E-state index contributed by atoms with van der Waals surface area (Å²) in [5, 5.41) is 0. The van der Waals surface area contributed by atoms with Crippen molar-refractivity contribution < 1.29 is 4.42 Å².